The van der Waals surface area contributed by atoms with Crippen LogP contribution in [0.25, 0.3) is 0 Å². The summed E-state index contributed by atoms with van der Waals surface area (Å²) in [5.41, 5.74) is 0. The van der Waals surface area contributed by atoms with Gasteiger partial charge in [-0.3, -0.25) is 9.59 Å². The van der Waals surface area contributed by atoms with Crippen molar-refractivity contribution in [3.63, 3.8) is 0 Å². The third-order valence-electron chi connectivity index (χ3n) is 3.11. The van der Waals surface area contributed by atoms with E-state index < -0.39 is 11.9 Å². The SMILES string of the molecule is CCC(CCC(=O)O)CCC(CC)C(=O)O. The topological polar surface area (TPSA) is 74.6 Å². The van der Waals surface area contributed by atoms with E-state index in [0.717, 1.165) is 12.8 Å². The third kappa shape index (κ3) is 6.43. The standard InChI is InChI=1S/C12H22O4/c1-3-9(6-8-11(13)14)5-7-10(4-2)12(15)16/h9-10H,3-8H2,1-2H3,(H,13,14)(H,15,16). The van der Waals surface area contributed by atoms with Gasteiger partial charge in [-0.2, -0.15) is 0 Å². The van der Waals surface area contributed by atoms with Crippen LogP contribution >= 0.6 is 0 Å². The minimum atomic E-state index is -0.774. The zero-order valence-electron chi connectivity index (χ0n) is 10.1. The maximum Gasteiger partial charge on any atom is 0.306 e. The Morgan fingerprint density at radius 2 is 1.62 bits per heavy atom. The molecule has 2 atom stereocenters. The minimum absolute atomic E-state index is 0.183. The summed E-state index contributed by atoms with van der Waals surface area (Å²) in [6.07, 6.45) is 3.87. The molecule has 0 heterocycles. The maximum absolute atomic E-state index is 10.8. The van der Waals surface area contributed by atoms with E-state index in [1.54, 1.807) is 0 Å². The quantitative estimate of drug-likeness (QED) is 0.638. The van der Waals surface area contributed by atoms with Crippen LogP contribution in [0.2, 0.25) is 0 Å². The van der Waals surface area contributed by atoms with Crippen molar-refractivity contribution in [2.45, 2.75) is 52.4 Å². The van der Waals surface area contributed by atoms with Gasteiger partial charge in [0.2, 0.25) is 0 Å². The Bertz CT molecular complexity index is 225. The van der Waals surface area contributed by atoms with Gasteiger partial charge in [-0.1, -0.05) is 20.3 Å². The second kappa shape index (κ2) is 8.13. The molecule has 0 aromatic carbocycles. The summed E-state index contributed by atoms with van der Waals surface area (Å²) in [5.74, 6) is -1.46. The zero-order chi connectivity index (χ0) is 12.6. The highest BCUT2D eigenvalue weighted by molar-refractivity contribution is 5.69. The Hall–Kier alpha value is -1.06. The van der Waals surface area contributed by atoms with Crippen LogP contribution in [0.1, 0.15) is 52.4 Å². The highest BCUT2D eigenvalue weighted by atomic mass is 16.4. The summed E-state index contributed by atoms with van der Waals surface area (Å²) in [4.78, 5) is 21.2. The van der Waals surface area contributed by atoms with E-state index >= 15 is 0 Å². The van der Waals surface area contributed by atoms with Gasteiger partial charge in [0.05, 0.1) is 5.92 Å². The predicted octanol–water partition coefficient (Wildman–Crippen LogP) is 2.77. The van der Waals surface area contributed by atoms with Crippen LogP contribution in [0.5, 0.6) is 0 Å². The largest absolute Gasteiger partial charge is 0.481 e. The first-order valence-corrected chi connectivity index (χ1v) is 5.95. The van der Waals surface area contributed by atoms with Crippen molar-refractivity contribution in [1.29, 1.82) is 0 Å². The Morgan fingerprint density at radius 3 is 2.00 bits per heavy atom. The molecule has 4 nitrogen and oxygen atoms in total. The van der Waals surface area contributed by atoms with Gasteiger partial charge in [0.1, 0.15) is 0 Å². The number of rotatable bonds is 9. The Balaban J connectivity index is 3.93. The molecule has 0 aliphatic carbocycles. The fourth-order valence-electron chi connectivity index (χ4n) is 1.82. The molecule has 0 aliphatic rings. The van der Waals surface area contributed by atoms with Gasteiger partial charge in [0.15, 0.2) is 0 Å². The Kier molecular flexibility index (Phi) is 7.60. The van der Waals surface area contributed by atoms with Gasteiger partial charge in [-0.15, -0.1) is 0 Å². The minimum Gasteiger partial charge on any atom is -0.481 e. The molecule has 0 bridgehead atoms. The lowest BCUT2D eigenvalue weighted by Gasteiger charge is -2.16. The maximum atomic E-state index is 10.8. The molecule has 0 saturated heterocycles. The highest BCUT2D eigenvalue weighted by Gasteiger charge is 2.17. The molecule has 0 amide bonds. The fraction of sp³-hybridized carbons (Fsp3) is 0.833. The molecule has 0 fully saturated rings. The monoisotopic (exact) mass is 230 g/mol. The molecule has 0 rings (SSSR count). The van der Waals surface area contributed by atoms with Gasteiger partial charge in [0, 0.05) is 6.42 Å². The summed E-state index contributed by atoms with van der Waals surface area (Å²) in [6.45, 7) is 3.89. The first-order chi connectivity index (χ1) is 7.51. The van der Waals surface area contributed by atoms with E-state index in [1.165, 1.54) is 0 Å². The van der Waals surface area contributed by atoms with Gasteiger partial charge in [0.25, 0.3) is 0 Å². The Labute approximate surface area is 96.7 Å². The van der Waals surface area contributed by atoms with Crippen molar-refractivity contribution >= 4 is 11.9 Å². The lowest BCUT2D eigenvalue weighted by Crippen LogP contribution is -2.14. The van der Waals surface area contributed by atoms with E-state index in [2.05, 4.69) is 0 Å². The second-order valence-corrected chi connectivity index (χ2v) is 4.23. The lowest BCUT2D eigenvalue weighted by molar-refractivity contribution is -0.142. The molecular formula is C12H22O4. The van der Waals surface area contributed by atoms with Crippen molar-refractivity contribution in [3.8, 4) is 0 Å². The average molecular weight is 230 g/mol. The second-order valence-electron chi connectivity index (χ2n) is 4.23. The molecule has 0 radical (unpaired) electrons. The average Bonchev–Trinajstić information content (AvgIpc) is 2.22. The molecule has 4 heteroatoms. The third-order valence-corrected chi connectivity index (χ3v) is 3.11. The smallest absolute Gasteiger partial charge is 0.306 e. The van der Waals surface area contributed by atoms with E-state index in [0.29, 0.717) is 25.2 Å². The summed E-state index contributed by atoms with van der Waals surface area (Å²) in [6, 6.07) is 0. The van der Waals surface area contributed by atoms with E-state index in [9.17, 15) is 9.59 Å². The number of carbonyl (C=O) groups is 2. The van der Waals surface area contributed by atoms with Crippen LogP contribution < -0.4 is 0 Å². The number of hydrogen-bond donors (Lipinski definition) is 2. The zero-order valence-corrected chi connectivity index (χ0v) is 10.1. The predicted molar refractivity (Wildman–Crippen MR) is 61.3 cm³/mol. The van der Waals surface area contributed by atoms with Crippen molar-refractivity contribution in [3.05, 3.63) is 0 Å². The first-order valence-electron chi connectivity index (χ1n) is 5.95. The van der Waals surface area contributed by atoms with Gasteiger partial charge in [-0.25, -0.2) is 0 Å². The number of carboxylic acids is 2. The molecule has 0 aromatic rings. The highest BCUT2D eigenvalue weighted by Crippen LogP contribution is 2.22. The Morgan fingerprint density at radius 1 is 1.00 bits per heavy atom. The van der Waals surface area contributed by atoms with Crippen molar-refractivity contribution < 1.29 is 19.8 Å². The van der Waals surface area contributed by atoms with E-state index in [4.69, 9.17) is 10.2 Å². The molecule has 0 saturated carbocycles. The fourth-order valence-corrected chi connectivity index (χ4v) is 1.82. The van der Waals surface area contributed by atoms with Crippen molar-refractivity contribution in [2.24, 2.45) is 11.8 Å². The van der Waals surface area contributed by atoms with Crippen molar-refractivity contribution in [2.75, 3.05) is 0 Å². The van der Waals surface area contributed by atoms with Crippen LogP contribution in [0.3, 0.4) is 0 Å². The molecule has 0 aliphatic heterocycles. The molecule has 0 spiro atoms. The molecule has 0 aromatic heterocycles. The van der Waals surface area contributed by atoms with E-state index in [-0.39, 0.29) is 12.3 Å². The molecular weight excluding hydrogens is 208 g/mol. The van der Waals surface area contributed by atoms with Crippen LogP contribution in [0, 0.1) is 11.8 Å². The van der Waals surface area contributed by atoms with Crippen LogP contribution in [-0.2, 0) is 9.59 Å². The summed E-state index contributed by atoms with van der Waals surface area (Å²) < 4.78 is 0. The van der Waals surface area contributed by atoms with Crippen molar-refractivity contribution in [1.82, 2.24) is 0 Å². The summed E-state index contributed by atoms with van der Waals surface area (Å²) in [7, 11) is 0. The molecule has 2 unspecified atom stereocenters. The molecule has 94 valence electrons. The van der Waals surface area contributed by atoms with Gasteiger partial charge in [-0.05, 0) is 31.6 Å². The summed E-state index contributed by atoms with van der Waals surface area (Å²) in [5, 5.41) is 17.5. The van der Waals surface area contributed by atoms with E-state index in [1.807, 2.05) is 13.8 Å². The lowest BCUT2D eigenvalue weighted by atomic mass is 9.90. The summed E-state index contributed by atoms with van der Waals surface area (Å²) >= 11 is 0. The number of hydrogen-bond acceptors (Lipinski definition) is 2. The first kappa shape index (κ1) is 14.9. The molecule has 16 heavy (non-hydrogen) atoms. The van der Waals surface area contributed by atoms with Gasteiger partial charge >= 0.3 is 11.9 Å². The van der Waals surface area contributed by atoms with Crippen LogP contribution in [0.15, 0.2) is 0 Å². The number of carboxylic acid groups (broad SMARTS) is 2. The number of aliphatic carboxylic acids is 2. The van der Waals surface area contributed by atoms with Crippen LogP contribution in [0.4, 0.5) is 0 Å². The molecule has 2 N–H and O–H groups in total. The van der Waals surface area contributed by atoms with Crippen LogP contribution in [-0.4, -0.2) is 22.2 Å². The normalized spacial score (nSPS) is 14.4. The van der Waals surface area contributed by atoms with Gasteiger partial charge < -0.3 is 10.2 Å².